The Bertz CT molecular complexity index is 1240. The summed E-state index contributed by atoms with van der Waals surface area (Å²) in [5, 5.41) is 0. The van der Waals surface area contributed by atoms with E-state index < -0.39 is 48.8 Å². The fourth-order valence-corrected chi connectivity index (χ4v) is 3.78. The number of hydrogen-bond donors (Lipinski definition) is 1. The number of benzene rings is 1. The third kappa shape index (κ3) is 4.16. The van der Waals surface area contributed by atoms with Crippen LogP contribution < -0.4 is 11.4 Å². The molecule has 2 aromatic heterocycles. The number of rotatable bonds is 6. The molecule has 174 valence electrons. The van der Waals surface area contributed by atoms with Gasteiger partial charge >= 0.3 is 17.6 Å². The Labute approximate surface area is 186 Å². The van der Waals surface area contributed by atoms with Crippen molar-refractivity contribution in [1.82, 2.24) is 19.1 Å². The molecule has 0 bridgehead atoms. The van der Waals surface area contributed by atoms with E-state index in [-0.39, 0.29) is 23.7 Å². The average molecular weight is 459 g/mol. The summed E-state index contributed by atoms with van der Waals surface area (Å²) in [7, 11) is 0. The van der Waals surface area contributed by atoms with Gasteiger partial charge in [-0.15, -0.1) is 0 Å². The summed E-state index contributed by atoms with van der Waals surface area (Å²) >= 11 is 0. The Hall–Kier alpha value is -3.80. The number of anilines is 1. The van der Waals surface area contributed by atoms with Gasteiger partial charge in [-0.3, -0.25) is 9.36 Å². The van der Waals surface area contributed by atoms with E-state index in [9.17, 15) is 14.4 Å². The van der Waals surface area contributed by atoms with Crippen LogP contribution >= 0.6 is 0 Å². The number of alkyl halides is 1. The SMILES string of the molecule is CCn1c(=O)n([C@@H]2O[C@H](COC(=O)c3ccccc3)[C@@H](F)[C@H]2OC(C)=O)c2nc(N)ncc21. The zero-order chi connectivity index (χ0) is 23.7. The maximum absolute atomic E-state index is 15.3. The van der Waals surface area contributed by atoms with Gasteiger partial charge in [0.25, 0.3) is 0 Å². The minimum Gasteiger partial charge on any atom is -0.459 e. The van der Waals surface area contributed by atoms with Gasteiger partial charge in [0.2, 0.25) is 5.95 Å². The van der Waals surface area contributed by atoms with Crippen LogP contribution in [-0.2, 0) is 25.5 Å². The van der Waals surface area contributed by atoms with E-state index in [1.54, 1.807) is 37.3 Å². The fraction of sp³-hybridized carbons (Fsp3) is 0.381. The van der Waals surface area contributed by atoms with Crippen molar-refractivity contribution in [2.45, 2.75) is 45.0 Å². The molecule has 3 heterocycles. The molecule has 33 heavy (non-hydrogen) atoms. The maximum atomic E-state index is 15.3. The van der Waals surface area contributed by atoms with E-state index in [1.807, 2.05) is 0 Å². The number of fused-ring (bicyclic) bond motifs is 1. The van der Waals surface area contributed by atoms with Crippen LogP contribution in [0.5, 0.6) is 0 Å². The lowest BCUT2D eigenvalue weighted by Gasteiger charge is -2.19. The Kier molecular flexibility index (Phi) is 6.09. The van der Waals surface area contributed by atoms with Crippen molar-refractivity contribution >= 4 is 29.1 Å². The zero-order valence-corrected chi connectivity index (χ0v) is 17.9. The first kappa shape index (κ1) is 22.4. The van der Waals surface area contributed by atoms with E-state index in [4.69, 9.17) is 19.9 Å². The Morgan fingerprint density at radius 3 is 2.67 bits per heavy atom. The molecule has 11 nitrogen and oxygen atoms in total. The summed E-state index contributed by atoms with van der Waals surface area (Å²) in [5.41, 5.74) is 5.87. The third-order valence-corrected chi connectivity index (χ3v) is 5.25. The number of carbonyl (C=O) groups is 2. The number of aryl methyl sites for hydroxylation is 1. The molecule has 1 saturated heterocycles. The number of halogens is 1. The standard InChI is InChI=1S/C21H22FN5O6/c1-3-26-13-9-24-20(23)25-17(13)27(21(26)30)18-16(32-11(2)28)15(22)14(33-18)10-31-19(29)12-7-5-4-6-8-12/h4-9,14-16,18H,3,10H2,1-2H3,(H2,23,24,25)/t14-,15-,16-,18-/m1/s1. The number of nitrogens with two attached hydrogens (primary N) is 1. The minimum absolute atomic E-state index is 0.100. The first-order chi connectivity index (χ1) is 15.8. The van der Waals surface area contributed by atoms with E-state index in [0.717, 1.165) is 11.5 Å². The molecule has 3 aromatic rings. The van der Waals surface area contributed by atoms with Crippen LogP contribution in [0.3, 0.4) is 0 Å². The molecule has 1 fully saturated rings. The van der Waals surface area contributed by atoms with Gasteiger partial charge in [-0.05, 0) is 19.1 Å². The lowest BCUT2D eigenvalue weighted by atomic mass is 10.1. The van der Waals surface area contributed by atoms with Gasteiger partial charge in [-0.2, -0.15) is 4.98 Å². The predicted molar refractivity (Wildman–Crippen MR) is 113 cm³/mol. The summed E-state index contributed by atoms with van der Waals surface area (Å²) in [6.45, 7) is 2.67. The second-order valence-corrected chi connectivity index (χ2v) is 7.38. The maximum Gasteiger partial charge on any atom is 0.338 e. The molecule has 0 saturated carbocycles. The molecule has 0 spiro atoms. The van der Waals surface area contributed by atoms with Gasteiger partial charge in [0, 0.05) is 13.5 Å². The number of nitrogens with zero attached hydrogens (tertiary/aromatic N) is 4. The summed E-state index contributed by atoms with van der Waals surface area (Å²) in [6.07, 6.45) is -4.64. The highest BCUT2D eigenvalue weighted by Crippen LogP contribution is 2.35. The van der Waals surface area contributed by atoms with Crippen molar-refractivity contribution in [3.8, 4) is 0 Å². The van der Waals surface area contributed by atoms with E-state index in [2.05, 4.69) is 9.97 Å². The average Bonchev–Trinajstić information content (AvgIpc) is 3.24. The second-order valence-electron chi connectivity index (χ2n) is 7.38. The molecule has 1 aliphatic rings. The van der Waals surface area contributed by atoms with Crippen molar-refractivity contribution in [1.29, 1.82) is 0 Å². The Morgan fingerprint density at radius 2 is 2.00 bits per heavy atom. The van der Waals surface area contributed by atoms with E-state index in [0.29, 0.717) is 5.52 Å². The molecular formula is C21H22FN5O6. The number of aromatic nitrogens is 4. The first-order valence-corrected chi connectivity index (χ1v) is 10.2. The van der Waals surface area contributed by atoms with Crippen molar-refractivity contribution in [2.75, 3.05) is 12.3 Å². The van der Waals surface area contributed by atoms with Crippen molar-refractivity contribution < 1.29 is 28.2 Å². The molecule has 12 heteroatoms. The fourth-order valence-electron chi connectivity index (χ4n) is 3.78. The number of esters is 2. The van der Waals surface area contributed by atoms with Gasteiger partial charge in [0.05, 0.1) is 11.8 Å². The van der Waals surface area contributed by atoms with Gasteiger partial charge < -0.3 is 19.9 Å². The zero-order valence-electron chi connectivity index (χ0n) is 17.9. The summed E-state index contributed by atoms with van der Waals surface area (Å²) in [5.74, 6) is -1.53. The summed E-state index contributed by atoms with van der Waals surface area (Å²) in [6, 6.07) is 8.17. The smallest absolute Gasteiger partial charge is 0.338 e. The topological polar surface area (TPSA) is 141 Å². The number of ether oxygens (including phenoxy) is 3. The van der Waals surface area contributed by atoms with Gasteiger partial charge in [-0.1, -0.05) is 18.2 Å². The number of hydrogen-bond acceptors (Lipinski definition) is 9. The molecule has 1 aliphatic heterocycles. The monoisotopic (exact) mass is 459 g/mol. The number of nitrogen functional groups attached to an aromatic ring is 1. The Balaban J connectivity index is 1.67. The Morgan fingerprint density at radius 1 is 1.27 bits per heavy atom. The molecule has 0 amide bonds. The minimum atomic E-state index is -1.88. The number of imidazole rings is 1. The van der Waals surface area contributed by atoms with Crippen LogP contribution in [0, 0.1) is 0 Å². The summed E-state index contributed by atoms with van der Waals surface area (Å²) in [4.78, 5) is 45.0. The molecule has 2 N–H and O–H groups in total. The first-order valence-electron chi connectivity index (χ1n) is 10.2. The van der Waals surface area contributed by atoms with Crippen molar-refractivity contribution in [3.63, 3.8) is 0 Å². The highest BCUT2D eigenvalue weighted by Gasteiger charge is 2.50. The molecular weight excluding hydrogens is 437 g/mol. The molecule has 0 radical (unpaired) electrons. The van der Waals surface area contributed by atoms with Crippen LogP contribution in [0.1, 0.15) is 30.4 Å². The van der Waals surface area contributed by atoms with Crippen LogP contribution in [0.25, 0.3) is 11.2 Å². The molecule has 0 aliphatic carbocycles. The quantitative estimate of drug-likeness (QED) is 0.539. The second kappa shape index (κ2) is 8.98. The van der Waals surface area contributed by atoms with Crippen LogP contribution in [0.4, 0.5) is 10.3 Å². The highest BCUT2D eigenvalue weighted by atomic mass is 19.1. The van der Waals surface area contributed by atoms with E-state index >= 15 is 4.39 Å². The lowest BCUT2D eigenvalue weighted by molar-refractivity contribution is -0.154. The van der Waals surface area contributed by atoms with Gasteiger partial charge in [0.1, 0.15) is 18.2 Å². The molecule has 4 atom stereocenters. The van der Waals surface area contributed by atoms with Crippen LogP contribution in [-0.4, -0.2) is 56.0 Å². The van der Waals surface area contributed by atoms with Gasteiger partial charge in [0.15, 0.2) is 24.2 Å². The predicted octanol–water partition coefficient (Wildman–Crippen LogP) is 1.22. The largest absolute Gasteiger partial charge is 0.459 e. The highest BCUT2D eigenvalue weighted by molar-refractivity contribution is 5.89. The normalized spacial score (nSPS) is 22.4. The van der Waals surface area contributed by atoms with E-state index in [1.165, 1.54) is 10.8 Å². The molecule has 1 aromatic carbocycles. The lowest BCUT2D eigenvalue weighted by Crippen LogP contribution is -2.37. The van der Waals surface area contributed by atoms with Crippen molar-refractivity contribution in [2.24, 2.45) is 0 Å². The molecule has 4 rings (SSSR count). The molecule has 0 unspecified atom stereocenters. The van der Waals surface area contributed by atoms with Crippen LogP contribution in [0.15, 0.2) is 41.3 Å². The summed E-state index contributed by atoms with van der Waals surface area (Å²) < 4.78 is 33.9. The van der Waals surface area contributed by atoms with Crippen LogP contribution in [0.2, 0.25) is 0 Å². The van der Waals surface area contributed by atoms with Crippen molar-refractivity contribution in [3.05, 3.63) is 52.6 Å². The van der Waals surface area contributed by atoms with Gasteiger partial charge in [-0.25, -0.2) is 23.5 Å². The number of carbonyl (C=O) groups excluding carboxylic acids is 2. The third-order valence-electron chi connectivity index (χ3n) is 5.25.